The maximum Gasteiger partial charge on any atom is 0.407 e. The van der Waals surface area contributed by atoms with Crippen molar-refractivity contribution in [2.75, 3.05) is 0 Å². The largest absolute Gasteiger partial charge is 0.443 e. The third kappa shape index (κ3) is 8.02. The number of carbonyl (C=O) groups excluding carboxylic acids is 2. The molecule has 2 amide bonds. The van der Waals surface area contributed by atoms with Crippen molar-refractivity contribution in [1.29, 1.82) is 0 Å². The first-order valence-electron chi connectivity index (χ1n) is 14.4. The zero-order valence-electron chi connectivity index (χ0n) is 23.1. The Morgan fingerprint density at radius 2 is 1.82 bits per heavy atom. The Hall–Kier alpha value is -2.97. The lowest BCUT2D eigenvalue weighted by molar-refractivity contribution is -0.129. The van der Waals surface area contributed by atoms with Gasteiger partial charge in [0, 0.05) is 18.5 Å². The zero-order valence-corrected chi connectivity index (χ0v) is 23.1. The van der Waals surface area contributed by atoms with Crippen molar-refractivity contribution in [1.82, 2.24) is 15.6 Å². The predicted octanol–water partition coefficient (Wildman–Crippen LogP) is 4.44. The molecule has 4 N–H and O–H groups in total. The average Bonchev–Trinajstić information content (AvgIpc) is 3.25. The number of hydrogen-bond donors (Lipinski definition) is 4. The van der Waals surface area contributed by atoms with E-state index < -0.39 is 36.3 Å². The van der Waals surface area contributed by atoms with E-state index in [2.05, 4.69) is 15.6 Å². The molecule has 8 nitrogen and oxygen atoms in total. The topological polar surface area (TPSA) is 121 Å². The number of aromatic nitrogens is 1. The van der Waals surface area contributed by atoms with Crippen LogP contribution in [0.4, 0.5) is 4.79 Å². The van der Waals surface area contributed by atoms with E-state index in [1.807, 2.05) is 44.2 Å². The minimum atomic E-state index is -0.923. The molecule has 1 aromatic heterocycles. The maximum absolute atomic E-state index is 13.5. The van der Waals surface area contributed by atoms with Gasteiger partial charge in [-0.1, -0.05) is 76.3 Å². The van der Waals surface area contributed by atoms with Crippen LogP contribution in [0.15, 0.2) is 48.7 Å². The van der Waals surface area contributed by atoms with Crippen molar-refractivity contribution in [2.45, 2.75) is 96.1 Å². The predicted molar refractivity (Wildman–Crippen MR) is 149 cm³/mol. The number of carbonyl (C=O) groups is 2. The summed E-state index contributed by atoms with van der Waals surface area (Å²) in [5, 5.41) is 28.0. The van der Waals surface area contributed by atoms with Crippen LogP contribution >= 0.6 is 0 Å². The van der Waals surface area contributed by atoms with Crippen molar-refractivity contribution in [3.63, 3.8) is 0 Å². The van der Waals surface area contributed by atoms with Crippen LogP contribution in [0.3, 0.4) is 0 Å². The molecule has 2 aromatic rings. The molecular weight excluding hydrogens is 494 g/mol. The summed E-state index contributed by atoms with van der Waals surface area (Å²) in [6.07, 6.45) is 6.45. The normalized spacial score (nSPS) is 21.6. The van der Waals surface area contributed by atoms with Crippen LogP contribution in [0.2, 0.25) is 0 Å². The summed E-state index contributed by atoms with van der Waals surface area (Å²) in [6, 6.07) is 12.2. The number of benzene rings is 1. The Labute approximate surface area is 231 Å². The number of aliphatic hydroxyl groups excluding tert-OH is 2. The lowest BCUT2D eigenvalue weighted by atomic mass is 9.81. The molecule has 0 radical (unpaired) electrons. The van der Waals surface area contributed by atoms with E-state index >= 15 is 0 Å². The van der Waals surface area contributed by atoms with Crippen molar-refractivity contribution in [3.8, 4) is 0 Å². The van der Waals surface area contributed by atoms with E-state index in [0.29, 0.717) is 24.5 Å². The molecule has 1 fully saturated rings. The summed E-state index contributed by atoms with van der Waals surface area (Å²) in [5.74, 6) is -0.315. The highest BCUT2D eigenvalue weighted by molar-refractivity contribution is 5.79. The van der Waals surface area contributed by atoms with Crippen LogP contribution in [-0.2, 0) is 22.6 Å². The van der Waals surface area contributed by atoms with Gasteiger partial charge in [0.2, 0.25) is 5.91 Å². The van der Waals surface area contributed by atoms with E-state index in [1.54, 1.807) is 18.3 Å². The van der Waals surface area contributed by atoms with Gasteiger partial charge in [-0.2, -0.15) is 0 Å². The molecule has 1 aromatic carbocycles. The first kappa shape index (κ1) is 29.0. The van der Waals surface area contributed by atoms with Gasteiger partial charge in [0.25, 0.3) is 0 Å². The highest BCUT2D eigenvalue weighted by Gasteiger charge is 2.36. The van der Waals surface area contributed by atoms with Crippen molar-refractivity contribution in [3.05, 3.63) is 65.5 Å². The molecule has 0 aliphatic heterocycles. The quantitative estimate of drug-likeness (QED) is 0.336. The minimum absolute atomic E-state index is 0.0418. The minimum Gasteiger partial charge on any atom is -0.443 e. The fourth-order valence-corrected chi connectivity index (χ4v) is 6.02. The van der Waals surface area contributed by atoms with Gasteiger partial charge in [-0.25, -0.2) is 4.79 Å². The van der Waals surface area contributed by atoms with Crippen LogP contribution in [0, 0.1) is 17.8 Å². The van der Waals surface area contributed by atoms with Gasteiger partial charge < -0.3 is 25.6 Å². The molecule has 5 atom stereocenters. The van der Waals surface area contributed by atoms with Gasteiger partial charge in [-0.05, 0) is 47.9 Å². The van der Waals surface area contributed by atoms with Crippen molar-refractivity contribution >= 4 is 12.0 Å². The summed E-state index contributed by atoms with van der Waals surface area (Å²) in [4.78, 5) is 30.4. The van der Waals surface area contributed by atoms with E-state index in [-0.39, 0.29) is 24.9 Å². The number of hydrogen-bond acceptors (Lipinski definition) is 6. The molecule has 2 aliphatic carbocycles. The molecule has 1 saturated carbocycles. The molecule has 8 heteroatoms. The third-order valence-corrected chi connectivity index (χ3v) is 8.30. The lowest BCUT2D eigenvalue weighted by Crippen LogP contribution is -2.48. The number of rotatable bonds is 11. The lowest BCUT2D eigenvalue weighted by Gasteiger charge is -2.32. The summed E-state index contributed by atoms with van der Waals surface area (Å²) in [6.45, 7) is 3.96. The van der Waals surface area contributed by atoms with Gasteiger partial charge in [-0.15, -0.1) is 0 Å². The van der Waals surface area contributed by atoms with Gasteiger partial charge in [-0.3, -0.25) is 9.78 Å². The van der Waals surface area contributed by atoms with E-state index in [9.17, 15) is 19.8 Å². The smallest absolute Gasteiger partial charge is 0.407 e. The van der Waals surface area contributed by atoms with Gasteiger partial charge >= 0.3 is 6.09 Å². The number of aliphatic hydroxyl groups is 2. The molecular formula is C31H43N3O5. The van der Waals surface area contributed by atoms with E-state index in [1.165, 1.54) is 6.42 Å². The Kier molecular flexibility index (Phi) is 10.3. The summed E-state index contributed by atoms with van der Waals surface area (Å²) >= 11 is 0. The van der Waals surface area contributed by atoms with Crippen molar-refractivity contribution < 1.29 is 24.5 Å². The van der Waals surface area contributed by atoms with Crippen LogP contribution in [0.1, 0.15) is 81.7 Å². The Morgan fingerprint density at radius 3 is 2.54 bits per heavy atom. The zero-order chi connectivity index (χ0) is 27.8. The summed E-state index contributed by atoms with van der Waals surface area (Å²) in [5.41, 5.74) is 2.62. The number of ether oxygens (including phenoxy) is 1. The Morgan fingerprint density at radius 1 is 1.08 bits per heavy atom. The standard InChI is InChI=1S/C31H43N3O5/c1-20(2)25(30(37)34-29-24-14-7-6-12-22(24)17-28(29)36)18-27(35)26(16-21-10-4-3-5-11-21)33-31(38)39-19-23-13-8-9-15-32-23/h6-9,12-15,20-21,25-29,35-36H,3-5,10-11,16-19H2,1-2H3,(H,33,38)(H,34,37)/t25-,26-,27-,28+,29-/m0/s1. The van der Waals surface area contributed by atoms with Crippen LogP contribution < -0.4 is 10.6 Å². The molecule has 212 valence electrons. The van der Waals surface area contributed by atoms with Gasteiger partial charge in [0.05, 0.1) is 30.0 Å². The fraction of sp³-hybridized carbons (Fsp3) is 0.581. The molecule has 0 saturated heterocycles. The highest BCUT2D eigenvalue weighted by atomic mass is 16.5. The number of fused-ring (bicyclic) bond motifs is 1. The van der Waals surface area contributed by atoms with Crippen LogP contribution in [-0.4, -0.2) is 45.4 Å². The molecule has 0 spiro atoms. The summed E-state index contributed by atoms with van der Waals surface area (Å²) in [7, 11) is 0. The highest BCUT2D eigenvalue weighted by Crippen LogP contribution is 2.33. The summed E-state index contributed by atoms with van der Waals surface area (Å²) < 4.78 is 5.40. The molecule has 39 heavy (non-hydrogen) atoms. The molecule has 0 unspecified atom stereocenters. The third-order valence-electron chi connectivity index (χ3n) is 8.30. The monoisotopic (exact) mass is 537 g/mol. The second-order valence-corrected chi connectivity index (χ2v) is 11.5. The van der Waals surface area contributed by atoms with Gasteiger partial charge in [0.1, 0.15) is 6.61 Å². The number of amides is 2. The molecule has 1 heterocycles. The van der Waals surface area contributed by atoms with Crippen molar-refractivity contribution in [2.24, 2.45) is 17.8 Å². The first-order chi connectivity index (χ1) is 18.8. The van der Waals surface area contributed by atoms with Crippen LogP contribution in [0.5, 0.6) is 0 Å². The first-order valence-corrected chi connectivity index (χ1v) is 14.4. The molecule has 4 rings (SSSR count). The van der Waals surface area contributed by atoms with E-state index in [4.69, 9.17) is 4.74 Å². The molecule has 2 aliphatic rings. The Balaban J connectivity index is 1.41. The van der Waals surface area contributed by atoms with Gasteiger partial charge in [0.15, 0.2) is 0 Å². The van der Waals surface area contributed by atoms with Crippen LogP contribution in [0.25, 0.3) is 0 Å². The number of nitrogens with zero attached hydrogens (tertiary/aromatic N) is 1. The SMILES string of the molecule is CC(C)[C@H](C[C@H](O)[C@H](CC1CCCCC1)NC(=O)OCc1ccccn1)C(=O)N[C@H]1c2ccccc2C[C@H]1O. The molecule has 0 bridgehead atoms. The van der Waals surface area contributed by atoms with E-state index in [0.717, 1.165) is 36.8 Å². The average molecular weight is 538 g/mol. The fourth-order valence-electron chi connectivity index (χ4n) is 6.02. The number of alkyl carbamates (subject to hydrolysis) is 1. The second-order valence-electron chi connectivity index (χ2n) is 11.5. The number of nitrogens with one attached hydrogen (secondary N) is 2. The number of pyridine rings is 1. The maximum atomic E-state index is 13.5. The second kappa shape index (κ2) is 13.9. The Bertz CT molecular complexity index is 1070.